The third-order valence-electron chi connectivity index (χ3n) is 4.41. The summed E-state index contributed by atoms with van der Waals surface area (Å²) in [6.45, 7) is 1.75. The number of hydrazine groups is 1. The van der Waals surface area contributed by atoms with Gasteiger partial charge in [0.25, 0.3) is 5.91 Å². The zero-order chi connectivity index (χ0) is 17.3. The zero-order valence-electron chi connectivity index (χ0n) is 13.6. The van der Waals surface area contributed by atoms with Gasteiger partial charge in [-0.25, -0.2) is 20.8 Å². The second kappa shape index (κ2) is 6.82. The Morgan fingerprint density at radius 2 is 2.00 bits per heavy atom. The summed E-state index contributed by atoms with van der Waals surface area (Å²) in [6, 6.07) is 1.65. The molecule has 0 bridgehead atoms. The standard InChI is InChI=1S/C16H21N5O2S/c1-2-12(22)21(18)11-8-10-14(24-16(19-10)15(17)23)13(20-11)9-6-4-3-5-7-9/h8-9H,2-7,18H2,1H3,(H2,17,23). The molecule has 0 saturated heterocycles. The topological polar surface area (TPSA) is 115 Å². The Hall–Kier alpha value is -2.06. The number of nitrogens with two attached hydrogens (primary N) is 2. The molecule has 0 aromatic carbocycles. The molecule has 1 aliphatic carbocycles. The van der Waals surface area contributed by atoms with Gasteiger partial charge >= 0.3 is 0 Å². The van der Waals surface area contributed by atoms with E-state index in [9.17, 15) is 9.59 Å². The maximum absolute atomic E-state index is 11.9. The van der Waals surface area contributed by atoms with E-state index in [0.717, 1.165) is 41.1 Å². The highest BCUT2D eigenvalue weighted by molar-refractivity contribution is 7.20. The molecule has 0 aliphatic heterocycles. The van der Waals surface area contributed by atoms with Crippen LogP contribution in [0, 0.1) is 0 Å². The summed E-state index contributed by atoms with van der Waals surface area (Å²) < 4.78 is 0.872. The number of thiazole rings is 1. The van der Waals surface area contributed by atoms with Crippen LogP contribution in [-0.2, 0) is 4.79 Å². The lowest BCUT2D eigenvalue weighted by molar-refractivity contribution is -0.118. The Kier molecular flexibility index (Phi) is 4.77. The number of nitrogens with zero attached hydrogens (tertiary/aromatic N) is 3. The van der Waals surface area contributed by atoms with Crippen molar-refractivity contribution in [3.8, 4) is 0 Å². The number of fused-ring (bicyclic) bond motifs is 1. The lowest BCUT2D eigenvalue weighted by Gasteiger charge is -2.23. The van der Waals surface area contributed by atoms with Crippen LogP contribution >= 0.6 is 11.3 Å². The van der Waals surface area contributed by atoms with E-state index in [1.807, 2.05) is 0 Å². The molecular formula is C16H21N5O2S. The molecule has 1 fully saturated rings. The number of primary amides is 1. The fourth-order valence-electron chi connectivity index (χ4n) is 3.12. The van der Waals surface area contributed by atoms with E-state index in [0.29, 0.717) is 23.7 Å². The Balaban J connectivity index is 2.13. The van der Waals surface area contributed by atoms with Crippen molar-refractivity contribution in [2.45, 2.75) is 51.4 Å². The van der Waals surface area contributed by atoms with Gasteiger partial charge in [-0.3, -0.25) is 9.59 Å². The van der Waals surface area contributed by atoms with Gasteiger partial charge in [-0.05, 0) is 12.8 Å². The van der Waals surface area contributed by atoms with Crippen molar-refractivity contribution in [2.24, 2.45) is 11.6 Å². The van der Waals surface area contributed by atoms with E-state index in [-0.39, 0.29) is 10.9 Å². The van der Waals surface area contributed by atoms with Crippen molar-refractivity contribution < 1.29 is 9.59 Å². The molecule has 8 heteroatoms. The summed E-state index contributed by atoms with van der Waals surface area (Å²) in [5.41, 5.74) is 6.88. The van der Waals surface area contributed by atoms with Crippen LogP contribution in [0.1, 0.15) is 66.9 Å². The van der Waals surface area contributed by atoms with Crippen LogP contribution in [0.4, 0.5) is 5.82 Å². The molecule has 3 rings (SSSR count). The van der Waals surface area contributed by atoms with E-state index < -0.39 is 5.91 Å². The molecular weight excluding hydrogens is 326 g/mol. The maximum atomic E-state index is 11.9. The predicted octanol–water partition coefficient (Wildman–Crippen LogP) is 2.45. The zero-order valence-corrected chi connectivity index (χ0v) is 14.4. The first-order valence-electron chi connectivity index (χ1n) is 8.20. The van der Waals surface area contributed by atoms with Crippen molar-refractivity contribution in [2.75, 3.05) is 5.01 Å². The average molecular weight is 347 g/mol. The lowest BCUT2D eigenvalue weighted by Crippen LogP contribution is -2.37. The largest absolute Gasteiger partial charge is 0.364 e. The number of carbonyl (C=O) groups is 2. The fourth-order valence-corrected chi connectivity index (χ4v) is 4.09. The Morgan fingerprint density at radius 1 is 1.29 bits per heavy atom. The highest BCUT2D eigenvalue weighted by Crippen LogP contribution is 2.38. The van der Waals surface area contributed by atoms with Crippen LogP contribution in [0.3, 0.4) is 0 Å². The van der Waals surface area contributed by atoms with Crippen LogP contribution < -0.4 is 16.6 Å². The quantitative estimate of drug-likeness (QED) is 0.501. The molecule has 0 spiro atoms. The number of rotatable bonds is 4. The molecule has 1 aliphatic rings. The van der Waals surface area contributed by atoms with E-state index >= 15 is 0 Å². The number of aromatic nitrogens is 2. The minimum absolute atomic E-state index is 0.221. The Bertz CT molecular complexity index is 782. The fraction of sp³-hybridized carbons (Fsp3) is 0.500. The number of amides is 2. The summed E-state index contributed by atoms with van der Waals surface area (Å²) in [5, 5.41) is 1.32. The third kappa shape index (κ3) is 3.11. The summed E-state index contributed by atoms with van der Waals surface area (Å²) >= 11 is 1.27. The number of hydrogen-bond donors (Lipinski definition) is 2. The van der Waals surface area contributed by atoms with Gasteiger partial charge in [0, 0.05) is 18.4 Å². The Labute approximate surface area is 144 Å². The number of anilines is 1. The molecule has 1 saturated carbocycles. The van der Waals surface area contributed by atoms with E-state index in [2.05, 4.69) is 9.97 Å². The van der Waals surface area contributed by atoms with Gasteiger partial charge in [0.05, 0.1) is 15.9 Å². The van der Waals surface area contributed by atoms with Gasteiger partial charge in [-0.15, -0.1) is 11.3 Å². The third-order valence-corrected chi connectivity index (χ3v) is 5.52. The normalized spacial score (nSPS) is 15.6. The van der Waals surface area contributed by atoms with Crippen molar-refractivity contribution in [1.29, 1.82) is 0 Å². The Morgan fingerprint density at radius 3 is 2.62 bits per heavy atom. The van der Waals surface area contributed by atoms with Crippen LogP contribution in [0.5, 0.6) is 0 Å². The molecule has 0 atom stereocenters. The van der Waals surface area contributed by atoms with Gasteiger partial charge < -0.3 is 5.73 Å². The van der Waals surface area contributed by atoms with Gasteiger partial charge in [-0.2, -0.15) is 0 Å². The van der Waals surface area contributed by atoms with Gasteiger partial charge in [0.15, 0.2) is 10.8 Å². The van der Waals surface area contributed by atoms with Crippen LogP contribution in [0.25, 0.3) is 10.2 Å². The highest BCUT2D eigenvalue weighted by atomic mass is 32.1. The molecule has 128 valence electrons. The smallest absolute Gasteiger partial charge is 0.277 e. The second-order valence-electron chi connectivity index (χ2n) is 6.05. The monoisotopic (exact) mass is 347 g/mol. The van der Waals surface area contributed by atoms with Crippen LogP contribution in [0.15, 0.2) is 6.07 Å². The molecule has 24 heavy (non-hydrogen) atoms. The summed E-state index contributed by atoms with van der Waals surface area (Å²) in [5.74, 6) is 5.81. The van der Waals surface area contributed by atoms with Gasteiger partial charge in [0.2, 0.25) is 5.91 Å². The molecule has 4 N–H and O–H groups in total. The number of hydrogen-bond acceptors (Lipinski definition) is 6. The summed E-state index contributed by atoms with van der Waals surface area (Å²) in [7, 11) is 0. The van der Waals surface area contributed by atoms with Crippen molar-refractivity contribution in [1.82, 2.24) is 9.97 Å². The minimum atomic E-state index is -0.554. The van der Waals surface area contributed by atoms with Gasteiger partial charge in [-0.1, -0.05) is 26.2 Å². The first kappa shape index (κ1) is 16.8. The molecule has 2 aromatic rings. The first-order chi connectivity index (χ1) is 11.5. The first-order valence-corrected chi connectivity index (χ1v) is 9.01. The van der Waals surface area contributed by atoms with Crippen LogP contribution in [0.2, 0.25) is 0 Å². The molecule has 2 heterocycles. The average Bonchev–Trinajstić information content (AvgIpc) is 3.04. The van der Waals surface area contributed by atoms with Crippen LogP contribution in [-0.4, -0.2) is 21.8 Å². The van der Waals surface area contributed by atoms with E-state index in [1.54, 1.807) is 13.0 Å². The van der Waals surface area contributed by atoms with E-state index in [4.69, 9.17) is 11.6 Å². The van der Waals surface area contributed by atoms with Crippen molar-refractivity contribution in [3.05, 3.63) is 16.8 Å². The maximum Gasteiger partial charge on any atom is 0.277 e. The van der Waals surface area contributed by atoms with Crippen molar-refractivity contribution in [3.63, 3.8) is 0 Å². The SMILES string of the molecule is CCC(=O)N(N)c1cc2nc(C(N)=O)sc2c(C2CCCCC2)n1. The number of pyridine rings is 1. The minimum Gasteiger partial charge on any atom is -0.364 e. The van der Waals surface area contributed by atoms with Gasteiger partial charge in [0.1, 0.15) is 0 Å². The van der Waals surface area contributed by atoms with Crippen molar-refractivity contribution >= 4 is 39.2 Å². The highest BCUT2D eigenvalue weighted by Gasteiger charge is 2.24. The summed E-state index contributed by atoms with van der Waals surface area (Å²) in [4.78, 5) is 32.4. The summed E-state index contributed by atoms with van der Waals surface area (Å²) in [6.07, 6.45) is 5.91. The molecule has 0 unspecified atom stereocenters. The second-order valence-corrected chi connectivity index (χ2v) is 7.05. The lowest BCUT2D eigenvalue weighted by atomic mass is 9.86. The number of carbonyl (C=O) groups excluding carboxylic acids is 2. The predicted molar refractivity (Wildman–Crippen MR) is 93.7 cm³/mol. The molecule has 7 nitrogen and oxygen atoms in total. The molecule has 0 radical (unpaired) electrons. The molecule has 2 aromatic heterocycles. The molecule has 2 amide bonds. The van der Waals surface area contributed by atoms with E-state index in [1.165, 1.54) is 17.8 Å².